The van der Waals surface area contributed by atoms with Crippen LogP contribution in [0.5, 0.6) is 17.6 Å². The molecule has 3 aromatic heterocycles. The van der Waals surface area contributed by atoms with Gasteiger partial charge in [-0.1, -0.05) is 55.4 Å². The third-order valence-corrected chi connectivity index (χ3v) is 23.0. The summed E-state index contributed by atoms with van der Waals surface area (Å²) in [5.41, 5.74) is 4.38. The van der Waals surface area contributed by atoms with E-state index in [1.165, 1.54) is 107 Å². The zero-order valence-electron chi connectivity index (χ0n) is 60.0. The van der Waals surface area contributed by atoms with Crippen molar-refractivity contribution in [3.8, 4) is 17.6 Å². The molecule has 8 N–H and O–H groups in total. The molecule has 12 saturated carbocycles. The van der Waals surface area contributed by atoms with E-state index in [1.807, 2.05) is 27.7 Å². The number of carbonyl (C=O) groups is 6. The molecule has 23 heteroatoms. The van der Waals surface area contributed by atoms with E-state index in [-0.39, 0.29) is 60.1 Å². The van der Waals surface area contributed by atoms with Gasteiger partial charge < -0.3 is 51.4 Å². The van der Waals surface area contributed by atoms with Crippen LogP contribution < -0.4 is 41.2 Å². The maximum absolute atomic E-state index is 13.4. The summed E-state index contributed by atoms with van der Waals surface area (Å²) < 4.78 is 23.0. The second-order valence-corrected chi connectivity index (χ2v) is 33.8. The highest BCUT2D eigenvalue weighted by molar-refractivity contribution is 5.98. The van der Waals surface area contributed by atoms with Gasteiger partial charge in [0.15, 0.2) is 0 Å². The summed E-state index contributed by atoms with van der Waals surface area (Å²) in [5.74, 6) is 8.88. The summed E-state index contributed by atoms with van der Waals surface area (Å²) in [6.45, 7) is 26.0. The van der Waals surface area contributed by atoms with Crippen LogP contribution in [0.1, 0.15) is 223 Å². The number of ether oxygens (including phenoxy) is 3. The van der Waals surface area contributed by atoms with Gasteiger partial charge in [-0.25, -0.2) is 14.0 Å². The Kier molecular flexibility index (Phi) is 24.4. The second-order valence-electron chi connectivity index (χ2n) is 33.8. The highest BCUT2D eigenvalue weighted by Gasteiger charge is 2.52. The zero-order valence-corrected chi connectivity index (χ0v) is 60.8. The van der Waals surface area contributed by atoms with Crippen molar-refractivity contribution in [2.24, 2.45) is 111 Å². The van der Waals surface area contributed by atoms with Crippen molar-refractivity contribution >= 4 is 54.2 Å². The van der Waals surface area contributed by atoms with E-state index in [0.717, 1.165) is 35.5 Å². The van der Waals surface area contributed by atoms with Gasteiger partial charge in [0.2, 0.25) is 23.5 Å². The molecule has 12 aliphatic carbocycles. The Morgan fingerprint density at radius 2 is 0.825 bits per heavy atom. The molecule has 0 unspecified atom stereocenters. The van der Waals surface area contributed by atoms with Crippen molar-refractivity contribution in [3.63, 3.8) is 0 Å². The number of aliphatic carboxylic acids is 2. The van der Waals surface area contributed by atoms with Crippen LogP contribution in [0.15, 0.2) is 24.7 Å². The number of aryl methyl sites for hydroxylation is 2. The summed E-state index contributed by atoms with van der Waals surface area (Å²) in [5, 5.41) is 44.9. The van der Waals surface area contributed by atoms with Gasteiger partial charge in [0, 0.05) is 55.9 Å². The van der Waals surface area contributed by atoms with E-state index >= 15 is 0 Å². The number of carboxylic acid groups (broad SMARTS) is 2. The highest BCUT2D eigenvalue weighted by atomic mass is 35.5. The lowest BCUT2D eigenvalue weighted by Gasteiger charge is -2.54. The number of aromatic nitrogens is 6. The van der Waals surface area contributed by atoms with Crippen LogP contribution in [0.25, 0.3) is 6.20 Å². The molecule has 12 bridgehead atoms. The fourth-order valence-electron chi connectivity index (χ4n) is 18.1. The fourth-order valence-corrected chi connectivity index (χ4v) is 18.1. The molecular weight excluding hydrogens is 1250 g/mol. The SMILES string of the molecule is CC(C)COc1c(C(=O)NC2C3CC4CC(C3)CC2C4)cnn1/C=C/C(C)(C)C(=O)O.CC(C)COc1c(C(=O)NC2C3CC4CC(C3)CC2C4)cnn1CCC(C)(C)C(=O)NCCN.CC(C)COc1c(C(=O)NC2C3CC4CC(C3)CC2C4)cnn1CCC(C)(C)C(=O)O.Cl. The van der Waals surface area contributed by atoms with Gasteiger partial charge in [0.25, 0.3) is 17.7 Å². The van der Waals surface area contributed by atoms with Crippen molar-refractivity contribution in [1.82, 2.24) is 50.6 Å². The zero-order chi connectivity index (χ0) is 69.1. The number of nitrogens with one attached hydrogen (secondary N) is 4. The minimum atomic E-state index is -1.05. The largest absolute Gasteiger partial charge is 0.481 e. The Labute approximate surface area is 581 Å². The number of carboxylic acids is 2. The lowest BCUT2D eigenvalue weighted by molar-refractivity contribution is -0.147. The first-order valence-electron chi connectivity index (χ1n) is 36.6. The lowest BCUT2D eigenvalue weighted by atomic mass is 9.54. The van der Waals surface area contributed by atoms with Crippen molar-refractivity contribution < 1.29 is 53.2 Å². The minimum Gasteiger partial charge on any atom is -0.481 e. The number of carbonyl (C=O) groups excluding carboxylic acids is 4. The summed E-state index contributed by atoms with van der Waals surface area (Å²) in [7, 11) is 0. The summed E-state index contributed by atoms with van der Waals surface area (Å²) >= 11 is 0. The van der Waals surface area contributed by atoms with Gasteiger partial charge in [-0.3, -0.25) is 28.8 Å². The molecule has 3 aromatic rings. The topological polar surface area (TPSA) is 298 Å². The van der Waals surface area contributed by atoms with Crippen LogP contribution in [0.2, 0.25) is 0 Å². The number of halogens is 1. The van der Waals surface area contributed by atoms with Crippen molar-refractivity contribution in [3.05, 3.63) is 41.4 Å². The first-order valence-corrected chi connectivity index (χ1v) is 36.6. The molecule has 4 amide bonds. The normalized spacial score (nSPS) is 28.6. The molecule has 22 nitrogen and oxygen atoms in total. The standard InChI is InChI=1S/C26H43N5O3.C24H37N3O4.C24H35N3O4.ClH/c1-16(2)15-34-24-21(14-29-31(24)8-5-26(3,4)25(33)28-7-6-27)23(32)30-22-19-10-17-9-18(12-19)13-20(22)11-17;2*1-14(2)13-31-22-19(12-25-27(22)6-5-24(3,4)23(29)30)21(28)26-20-17-8-15-7-16(10-17)11-18(20)9-15;/h14,16-20,22H,5-13,15,27H2,1-4H3,(H,28,33)(H,30,32);12,14-18,20H,5-11,13H2,1-4H3,(H,26,28)(H,29,30);5-6,12,14-18,20H,7-11,13H2,1-4H3,(H,26,28)(H,29,30);1H/b;;6-5+;. The van der Waals surface area contributed by atoms with Crippen LogP contribution in [0.3, 0.4) is 0 Å². The third kappa shape index (κ3) is 18.1. The van der Waals surface area contributed by atoms with Gasteiger partial charge in [0.1, 0.15) is 16.7 Å². The molecule has 3 heterocycles. The van der Waals surface area contributed by atoms with E-state index in [4.69, 9.17) is 19.9 Å². The van der Waals surface area contributed by atoms with Crippen LogP contribution >= 0.6 is 12.4 Å². The number of hydrogen-bond donors (Lipinski definition) is 7. The summed E-state index contributed by atoms with van der Waals surface area (Å²) in [6, 6.07) is 0.766. The van der Waals surface area contributed by atoms with E-state index in [0.29, 0.717) is 141 Å². The summed E-state index contributed by atoms with van der Waals surface area (Å²) in [4.78, 5) is 75.4. The van der Waals surface area contributed by atoms with Crippen molar-refractivity contribution in [2.45, 2.75) is 223 Å². The van der Waals surface area contributed by atoms with Crippen LogP contribution in [-0.4, -0.2) is 126 Å². The predicted octanol–water partition coefficient (Wildman–Crippen LogP) is 11.4. The molecule has 0 atom stereocenters. The number of rotatable bonds is 28. The Morgan fingerprint density at radius 3 is 1.14 bits per heavy atom. The average Bonchev–Trinajstić information content (AvgIpc) is 1.36. The molecule has 97 heavy (non-hydrogen) atoms. The number of nitrogens with zero attached hydrogens (tertiary/aromatic N) is 6. The monoisotopic (exact) mass is 1370 g/mol. The Bertz CT molecular complexity index is 3170. The van der Waals surface area contributed by atoms with E-state index in [9.17, 15) is 39.0 Å². The molecule has 540 valence electrons. The number of hydrogen-bond acceptors (Lipinski definition) is 13. The number of nitrogens with two attached hydrogens (primary N) is 1. The quantitative estimate of drug-likeness (QED) is 0.0356. The molecule has 0 radical (unpaired) electrons. The van der Waals surface area contributed by atoms with Gasteiger partial charge in [-0.15, -0.1) is 12.4 Å². The first kappa shape index (κ1) is 75.1. The fraction of sp³-hybridized carbons (Fsp3) is 0.770. The van der Waals surface area contributed by atoms with E-state index in [2.05, 4.69) is 64.3 Å². The van der Waals surface area contributed by atoms with Gasteiger partial charge in [0.05, 0.1) is 49.2 Å². The minimum absolute atomic E-state index is 0. The second kappa shape index (κ2) is 31.6. The first-order chi connectivity index (χ1) is 45.4. The van der Waals surface area contributed by atoms with Crippen molar-refractivity contribution in [2.75, 3.05) is 32.9 Å². The molecule has 0 aliphatic heterocycles. The van der Waals surface area contributed by atoms with Gasteiger partial charge in [-0.05, 0) is 232 Å². The van der Waals surface area contributed by atoms with E-state index in [1.54, 1.807) is 61.7 Å². The predicted molar refractivity (Wildman–Crippen MR) is 373 cm³/mol. The van der Waals surface area contributed by atoms with Crippen molar-refractivity contribution in [1.29, 1.82) is 0 Å². The highest BCUT2D eigenvalue weighted by Crippen LogP contribution is 2.56. The Balaban J connectivity index is 0.000000170. The average molecular weight is 1370 g/mol. The molecule has 12 fully saturated rings. The summed E-state index contributed by atoms with van der Waals surface area (Å²) in [6.07, 6.45) is 28.0. The lowest BCUT2D eigenvalue weighted by Crippen LogP contribution is -2.55. The molecule has 0 saturated heterocycles. The molecule has 15 rings (SSSR count). The maximum atomic E-state index is 13.4. The van der Waals surface area contributed by atoms with Gasteiger partial charge >= 0.3 is 11.9 Å². The van der Waals surface area contributed by atoms with Crippen LogP contribution in [0, 0.1) is 105 Å². The van der Waals surface area contributed by atoms with Gasteiger partial charge in [-0.2, -0.15) is 15.3 Å². The van der Waals surface area contributed by atoms with E-state index < -0.39 is 28.2 Å². The Morgan fingerprint density at radius 1 is 0.505 bits per heavy atom. The third-order valence-electron chi connectivity index (χ3n) is 23.0. The molecule has 0 aromatic carbocycles. The van der Waals surface area contributed by atoms with Crippen LogP contribution in [-0.2, 0) is 27.5 Å². The smallest absolute Gasteiger partial charge is 0.312 e. The number of amides is 4. The molecule has 12 aliphatic rings. The maximum Gasteiger partial charge on any atom is 0.312 e. The van der Waals surface area contributed by atoms with Crippen LogP contribution in [0.4, 0.5) is 0 Å². The Hall–Kier alpha value is -6.16. The molecular formula is C74H116ClN11O11. The molecule has 0 spiro atoms.